The Morgan fingerprint density at radius 3 is 2.64 bits per heavy atom. The zero-order chi connectivity index (χ0) is 23.6. The van der Waals surface area contributed by atoms with Gasteiger partial charge in [-0.15, -0.1) is 0 Å². The Morgan fingerprint density at radius 1 is 1.12 bits per heavy atom. The fraction of sp³-hybridized carbons (Fsp3) is 0.680. The topological polar surface area (TPSA) is 74.3 Å². The van der Waals surface area contributed by atoms with Crippen molar-refractivity contribution in [3.05, 3.63) is 23.8 Å². The molecule has 2 heterocycles. The fourth-order valence-electron chi connectivity index (χ4n) is 4.32. The van der Waals surface area contributed by atoms with E-state index in [1.54, 1.807) is 4.90 Å². The van der Waals surface area contributed by atoms with Crippen LogP contribution in [0.25, 0.3) is 0 Å². The Hall–Kier alpha value is -2.32. The molecule has 0 aliphatic carbocycles. The third-order valence-electron chi connectivity index (χ3n) is 6.29. The highest BCUT2D eigenvalue weighted by Crippen LogP contribution is 2.32. The standard InChI is InChI=1S/C25H40N4O4/c1-4-32-22-10-8-9-21-17-29(18-23(30)26-11-6-5-7-16-33-25(21)22)24(31)19-27-12-14-28(15-13-27)20(2)3/h8-10,20H,4-7,11-19H2,1-3H3,(H,26,30). The third kappa shape index (κ3) is 7.61. The van der Waals surface area contributed by atoms with Crippen molar-refractivity contribution in [2.75, 3.05) is 59.0 Å². The van der Waals surface area contributed by atoms with Gasteiger partial charge in [-0.25, -0.2) is 0 Å². The van der Waals surface area contributed by atoms with E-state index in [0.717, 1.165) is 51.0 Å². The van der Waals surface area contributed by atoms with Gasteiger partial charge in [0, 0.05) is 44.3 Å². The molecule has 2 amide bonds. The van der Waals surface area contributed by atoms with E-state index < -0.39 is 0 Å². The minimum atomic E-state index is -0.115. The molecule has 0 aromatic heterocycles. The molecule has 2 aliphatic rings. The Kier molecular flexibility index (Phi) is 9.81. The molecule has 1 saturated heterocycles. The number of rotatable bonds is 5. The molecule has 0 unspecified atom stereocenters. The average molecular weight is 461 g/mol. The summed E-state index contributed by atoms with van der Waals surface area (Å²) in [5.74, 6) is 1.22. The molecule has 1 aromatic rings. The number of nitrogens with one attached hydrogen (secondary N) is 1. The number of piperazine rings is 1. The number of nitrogens with zero attached hydrogens (tertiary/aromatic N) is 3. The molecule has 2 aliphatic heterocycles. The summed E-state index contributed by atoms with van der Waals surface area (Å²) >= 11 is 0. The predicted octanol–water partition coefficient (Wildman–Crippen LogP) is 2.12. The normalized spacial score (nSPS) is 19.5. The van der Waals surface area contributed by atoms with Gasteiger partial charge in [-0.3, -0.25) is 19.4 Å². The lowest BCUT2D eigenvalue weighted by Gasteiger charge is -2.37. The molecule has 0 saturated carbocycles. The van der Waals surface area contributed by atoms with Crippen molar-refractivity contribution in [2.45, 2.75) is 52.6 Å². The number of carbonyl (C=O) groups is 2. The molecule has 0 radical (unpaired) electrons. The number of hydrogen-bond donors (Lipinski definition) is 1. The first-order valence-electron chi connectivity index (χ1n) is 12.4. The van der Waals surface area contributed by atoms with Crippen molar-refractivity contribution in [1.29, 1.82) is 0 Å². The fourth-order valence-corrected chi connectivity index (χ4v) is 4.32. The summed E-state index contributed by atoms with van der Waals surface area (Å²) in [6.07, 6.45) is 2.77. The zero-order valence-electron chi connectivity index (χ0n) is 20.5. The van der Waals surface area contributed by atoms with Crippen molar-refractivity contribution in [3.8, 4) is 11.5 Å². The van der Waals surface area contributed by atoms with E-state index in [1.165, 1.54) is 0 Å². The first-order valence-corrected chi connectivity index (χ1v) is 12.4. The van der Waals surface area contributed by atoms with E-state index in [0.29, 0.717) is 50.4 Å². The van der Waals surface area contributed by atoms with Gasteiger partial charge < -0.3 is 19.7 Å². The SMILES string of the molecule is CCOc1cccc2c1OCCCCCNC(=O)CN(C(=O)CN1CCN(C(C)C)CC1)C2. The van der Waals surface area contributed by atoms with Crippen LogP contribution in [0, 0.1) is 0 Å². The predicted molar refractivity (Wildman–Crippen MR) is 129 cm³/mol. The van der Waals surface area contributed by atoms with Crippen molar-refractivity contribution in [2.24, 2.45) is 0 Å². The summed E-state index contributed by atoms with van der Waals surface area (Å²) in [5, 5.41) is 2.96. The summed E-state index contributed by atoms with van der Waals surface area (Å²) in [7, 11) is 0. The minimum absolute atomic E-state index is 0.0363. The number of ether oxygens (including phenoxy) is 2. The van der Waals surface area contributed by atoms with Crippen LogP contribution >= 0.6 is 0 Å². The highest BCUT2D eigenvalue weighted by Gasteiger charge is 2.25. The second-order valence-electron chi connectivity index (χ2n) is 9.09. The van der Waals surface area contributed by atoms with Crippen LogP contribution in [0.2, 0.25) is 0 Å². The van der Waals surface area contributed by atoms with E-state index >= 15 is 0 Å². The number of carbonyl (C=O) groups excluding carboxylic acids is 2. The monoisotopic (exact) mass is 460 g/mol. The third-order valence-corrected chi connectivity index (χ3v) is 6.29. The largest absolute Gasteiger partial charge is 0.490 e. The van der Waals surface area contributed by atoms with Crippen molar-refractivity contribution in [3.63, 3.8) is 0 Å². The van der Waals surface area contributed by atoms with Crippen LogP contribution in [0.15, 0.2) is 18.2 Å². The van der Waals surface area contributed by atoms with Crippen LogP contribution in [0.1, 0.15) is 45.6 Å². The van der Waals surface area contributed by atoms with Crippen LogP contribution in [0.3, 0.4) is 0 Å². The van der Waals surface area contributed by atoms with Gasteiger partial charge in [-0.2, -0.15) is 0 Å². The quantitative estimate of drug-likeness (QED) is 0.726. The van der Waals surface area contributed by atoms with E-state index in [1.807, 2.05) is 25.1 Å². The van der Waals surface area contributed by atoms with Crippen LogP contribution < -0.4 is 14.8 Å². The number of para-hydroxylation sites is 1. The van der Waals surface area contributed by atoms with Crippen LogP contribution in [0.4, 0.5) is 0 Å². The van der Waals surface area contributed by atoms with E-state index in [2.05, 4.69) is 29.0 Å². The highest BCUT2D eigenvalue weighted by atomic mass is 16.5. The molecule has 0 bridgehead atoms. The number of amides is 2. The molecule has 0 spiro atoms. The van der Waals surface area contributed by atoms with Crippen LogP contribution in [-0.4, -0.2) is 91.6 Å². The molecular formula is C25H40N4O4. The Balaban J connectivity index is 1.76. The molecule has 1 N–H and O–H groups in total. The maximum absolute atomic E-state index is 13.4. The second kappa shape index (κ2) is 12.8. The summed E-state index contributed by atoms with van der Waals surface area (Å²) in [4.78, 5) is 32.2. The lowest BCUT2D eigenvalue weighted by Crippen LogP contribution is -2.52. The summed E-state index contributed by atoms with van der Waals surface area (Å²) < 4.78 is 11.9. The van der Waals surface area contributed by atoms with E-state index in [9.17, 15) is 9.59 Å². The van der Waals surface area contributed by atoms with Gasteiger partial charge in [-0.1, -0.05) is 12.1 Å². The molecule has 8 heteroatoms. The van der Waals surface area contributed by atoms with Gasteiger partial charge in [0.15, 0.2) is 11.5 Å². The van der Waals surface area contributed by atoms with Crippen molar-refractivity contribution >= 4 is 11.8 Å². The number of hydrogen-bond acceptors (Lipinski definition) is 6. The number of fused-ring (bicyclic) bond motifs is 1. The van der Waals surface area contributed by atoms with Gasteiger partial charge >= 0.3 is 0 Å². The minimum Gasteiger partial charge on any atom is -0.490 e. The Bertz CT molecular complexity index is 778. The van der Waals surface area contributed by atoms with Crippen molar-refractivity contribution in [1.82, 2.24) is 20.0 Å². The smallest absolute Gasteiger partial charge is 0.239 e. The summed E-state index contributed by atoms with van der Waals surface area (Å²) in [5.41, 5.74) is 0.867. The summed E-state index contributed by atoms with van der Waals surface area (Å²) in [6, 6.07) is 6.28. The zero-order valence-corrected chi connectivity index (χ0v) is 20.5. The van der Waals surface area contributed by atoms with Gasteiger partial charge in [-0.05, 0) is 46.1 Å². The molecule has 1 aromatic carbocycles. The maximum Gasteiger partial charge on any atom is 0.239 e. The van der Waals surface area contributed by atoms with Gasteiger partial charge in [0.05, 0.1) is 32.8 Å². The van der Waals surface area contributed by atoms with Gasteiger partial charge in [0.25, 0.3) is 0 Å². The summed E-state index contributed by atoms with van der Waals surface area (Å²) in [6.45, 7) is 12.4. The van der Waals surface area contributed by atoms with Gasteiger partial charge in [0.1, 0.15) is 0 Å². The lowest BCUT2D eigenvalue weighted by atomic mass is 10.1. The molecule has 3 rings (SSSR count). The molecule has 0 atom stereocenters. The lowest BCUT2D eigenvalue weighted by molar-refractivity contribution is -0.138. The van der Waals surface area contributed by atoms with E-state index in [-0.39, 0.29) is 18.4 Å². The average Bonchev–Trinajstić information content (AvgIpc) is 2.81. The number of benzene rings is 1. The molecule has 33 heavy (non-hydrogen) atoms. The van der Waals surface area contributed by atoms with Crippen LogP contribution in [-0.2, 0) is 16.1 Å². The Labute approximate surface area is 198 Å². The Morgan fingerprint density at radius 2 is 1.91 bits per heavy atom. The maximum atomic E-state index is 13.4. The molecule has 8 nitrogen and oxygen atoms in total. The van der Waals surface area contributed by atoms with Gasteiger partial charge in [0.2, 0.25) is 11.8 Å². The highest BCUT2D eigenvalue weighted by molar-refractivity contribution is 5.85. The first-order chi connectivity index (χ1) is 16.0. The van der Waals surface area contributed by atoms with E-state index in [4.69, 9.17) is 9.47 Å². The molecule has 1 fully saturated rings. The van der Waals surface area contributed by atoms with Crippen LogP contribution in [0.5, 0.6) is 11.5 Å². The molecule has 184 valence electrons. The second-order valence-corrected chi connectivity index (χ2v) is 9.09. The molecular weight excluding hydrogens is 420 g/mol. The van der Waals surface area contributed by atoms with Crippen molar-refractivity contribution < 1.29 is 19.1 Å². The first kappa shape index (κ1) is 25.3.